The quantitative estimate of drug-likeness (QED) is 0.511. The van der Waals surface area contributed by atoms with Gasteiger partial charge in [0, 0.05) is 19.4 Å². The highest BCUT2D eigenvalue weighted by Gasteiger charge is 2.35. The van der Waals surface area contributed by atoms with E-state index in [9.17, 15) is 0 Å². The minimum Gasteiger partial charge on any atom is -0.356 e. The monoisotopic (exact) mass is 140 g/mol. The Morgan fingerprint density at radius 1 is 1.60 bits per heavy atom. The Balaban J connectivity index is 1.99. The van der Waals surface area contributed by atoms with Gasteiger partial charge in [-0.3, -0.25) is 0 Å². The summed E-state index contributed by atoms with van der Waals surface area (Å²) < 4.78 is 10.6. The number of methoxy groups -OCH3 is 1. The molecule has 1 heterocycles. The number of ether oxygens (including phenoxy) is 2. The summed E-state index contributed by atoms with van der Waals surface area (Å²) in [5.41, 5.74) is 0. The van der Waals surface area contributed by atoms with Crippen LogP contribution < -0.4 is 0 Å². The van der Waals surface area contributed by atoms with Gasteiger partial charge in [-0.15, -0.1) is 0 Å². The molecule has 0 aromatic carbocycles. The molecule has 1 unspecified atom stereocenters. The first-order valence-electron chi connectivity index (χ1n) is 3.75. The third-order valence-electron chi connectivity index (χ3n) is 2.28. The molecule has 0 radical (unpaired) electrons. The van der Waals surface area contributed by atoms with Crippen molar-refractivity contribution in [2.24, 2.45) is 5.92 Å². The Kier molecular flexibility index (Phi) is 1.51. The molecular weight excluding hydrogens is 128 g/mol. The lowest BCUT2D eigenvalue weighted by Crippen LogP contribution is -2.11. The van der Waals surface area contributed by atoms with Gasteiger partial charge in [0.25, 0.3) is 0 Å². The van der Waals surface area contributed by atoms with Crippen LogP contribution in [-0.2, 0) is 9.47 Å². The Morgan fingerprint density at radius 3 is 3.20 bits per heavy atom. The Bertz CT molecular complexity index is 153. The van der Waals surface area contributed by atoms with E-state index < -0.39 is 0 Å². The highest BCUT2D eigenvalue weighted by Crippen LogP contribution is 2.34. The zero-order chi connectivity index (χ0) is 6.97. The molecule has 3 atom stereocenters. The minimum absolute atomic E-state index is 0.0555. The molecule has 0 bridgehead atoms. The van der Waals surface area contributed by atoms with Gasteiger partial charge in [0.15, 0.2) is 6.29 Å². The molecule has 0 amide bonds. The standard InChI is InChI=1S/C8H12O2/c1-9-8-5-6-3-2-4-7(6)10-8/h2-3,6-8H,4-5H2,1H3/t6-,7-,8?/m0/s1. The zero-order valence-corrected chi connectivity index (χ0v) is 6.12. The molecule has 1 aliphatic carbocycles. The molecule has 1 aliphatic heterocycles. The predicted molar refractivity (Wildman–Crippen MR) is 37.5 cm³/mol. The van der Waals surface area contributed by atoms with Crippen LogP contribution in [0.1, 0.15) is 12.8 Å². The van der Waals surface area contributed by atoms with Crippen LogP contribution in [-0.4, -0.2) is 19.5 Å². The average molecular weight is 140 g/mol. The first-order chi connectivity index (χ1) is 4.90. The Morgan fingerprint density at radius 2 is 2.50 bits per heavy atom. The van der Waals surface area contributed by atoms with Crippen LogP contribution in [0.15, 0.2) is 12.2 Å². The van der Waals surface area contributed by atoms with Crippen molar-refractivity contribution < 1.29 is 9.47 Å². The molecule has 0 N–H and O–H groups in total. The first kappa shape index (κ1) is 6.38. The van der Waals surface area contributed by atoms with Crippen LogP contribution in [0.25, 0.3) is 0 Å². The minimum atomic E-state index is 0.0555. The molecule has 2 aliphatic rings. The maximum atomic E-state index is 5.55. The summed E-state index contributed by atoms with van der Waals surface area (Å²) in [6.07, 6.45) is 7.03. The fraction of sp³-hybridized carbons (Fsp3) is 0.750. The van der Waals surface area contributed by atoms with Crippen LogP contribution in [0, 0.1) is 5.92 Å². The Hall–Kier alpha value is -0.340. The van der Waals surface area contributed by atoms with Gasteiger partial charge in [-0.25, -0.2) is 0 Å². The van der Waals surface area contributed by atoms with Crippen LogP contribution in [0.3, 0.4) is 0 Å². The van der Waals surface area contributed by atoms with E-state index >= 15 is 0 Å². The van der Waals surface area contributed by atoms with Crippen LogP contribution in [0.2, 0.25) is 0 Å². The second-order valence-corrected chi connectivity index (χ2v) is 2.90. The molecule has 56 valence electrons. The molecule has 0 aromatic rings. The molecule has 1 saturated heterocycles. The molecular formula is C8H12O2. The van der Waals surface area contributed by atoms with E-state index in [0.717, 1.165) is 12.8 Å². The van der Waals surface area contributed by atoms with Gasteiger partial charge in [-0.1, -0.05) is 12.2 Å². The van der Waals surface area contributed by atoms with Crippen molar-refractivity contribution in [2.75, 3.05) is 7.11 Å². The smallest absolute Gasteiger partial charge is 0.158 e. The van der Waals surface area contributed by atoms with Crippen molar-refractivity contribution in [3.8, 4) is 0 Å². The molecule has 2 rings (SSSR count). The van der Waals surface area contributed by atoms with Gasteiger partial charge >= 0.3 is 0 Å². The highest BCUT2D eigenvalue weighted by atomic mass is 16.7. The summed E-state index contributed by atoms with van der Waals surface area (Å²) in [7, 11) is 1.70. The van der Waals surface area contributed by atoms with E-state index in [0.29, 0.717) is 12.0 Å². The summed E-state index contributed by atoms with van der Waals surface area (Å²) in [6.45, 7) is 0. The number of fused-ring (bicyclic) bond motifs is 1. The topological polar surface area (TPSA) is 18.5 Å². The van der Waals surface area contributed by atoms with Gasteiger partial charge in [-0.05, 0) is 6.42 Å². The van der Waals surface area contributed by atoms with Crippen LogP contribution >= 0.6 is 0 Å². The van der Waals surface area contributed by atoms with Crippen molar-refractivity contribution >= 4 is 0 Å². The van der Waals surface area contributed by atoms with E-state index in [1.807, 2.05) is 0 Å². The fourth-order valence-corrected chi connectivity index (χ4v) is 1.70. The van der Waals surface area contributed by atoms with E-state index in [1.165, 1.54) is 0 Å². The molecule has 0 saturated carbocycles. The van der Waals surface area contributed by atoms with Crippen molar-refractivity contribution in [1.82, 2.24) is 0 Å². The summed E-state index contributed by atoms with van der Waals surface area (Å²) >= 11 is 0. The van der Waals surface area contributed by atoms with Crippen molar-refractivity contribution in [2.45, 2.75) is 25.2 Å². The number of rotatable bonds is 1. The van der Waals surface area contributed by atoms with Crippen LogP contribution in [0.4, 0.5) is 0 Å². The molecule has 0 aromatic heterocycles. The second-order valence-electron chi connectivity index (χ2n) is 2.90. The summed E-state index contributed by atoms with van der Waals surface area (Å²) in [5, 5.41) is 0. The van der Waals surface area contributed by atoms with Gasteiger partial charge in [0.2, 0.25) is 0 Å². The first-order valence-corrected chi connectivity index (χ1v) is 3.75. The van der Waals surface area contributed by atoms with Gasteiger partial charge in [0.05, 0.1) is 6.10 Å². The lowest BCUT2D eigenvalue weighted by molar-refractivity contribution is -0.113. The van der Waals surface area contributed by atoms with Gasteiger partial charge in [0.1, 0.15) is 0 Å². The van der Waals surface area contributed by atoms with Gasteiger partial charge in [-0.2, -0.15) is 0 Å². The maximum Gasteiger partial charge on any atom is 0.158 e. The number of hydrogen-bond acceptors (Lipinski definition) is 2. The third kappa shape index (κ3) is 0.879. The van der Waals surface area contributed by atoms with Crippen LogP contribution in [0.5, 0.6) is 0 Å². The van der Waals surface area contributed by atoms with E-state index in [2.05, 4.69) is 12.2 Å². The molecule has 2 heteroatoms. The molecule has 2 nitrogen and oxygen atoms in total. The normalized spacial score (nSPS) is 44.3. The number of hydrogen-bond donors (Lipinski definition) is 0. The van der Waals surface area contributed by atoms with E-state index in [-0.39, 0.29) is 6.29 Å². The third-order valence-corrected chi connectivity index (χ3v) is 2.28. The van der Waals surface area contributed by atoms with E-state index in [1.54, 1.807) is 7.11 Å². The lowest BCUT2D eigenvalue weighted by atomic mass is 10.1. The summed E-state index contributed by atoms with van der Waals surface area (Å²) in [5.74, 6) is 0.630. The van der Waals surface area contributed by atoms with E-state index in [4.69, 9.17) is 9.47 Å². The summed E-state index contributed by atoms with van der Waals surface area (Å²) in [6, 6.07) is 0. The fourth-order valence-electron chi connectivity index (χ4n) is 1.70. The largest absolute Gasteiger partial charge is 0.356 e. The Labute approximate surface area is 60.8 Å². The SMILES string of the molecule is COC1C[C@@H]2C=CC[C@@H]2O1. The molecule has 10 heavy (non-hydrogen) atoms. The molecule has 1 fully saturated rings. The predicted octanol–water partition coefficient (Wildman–Crippen LogP) is 1.32. The van der Waals surface area contributed by atoms with Gasteiger partial charge < -0.3 is 9.47 Å². The second kappa shape index (κ2) is 2.36. The average Bonchev–Trinajstić information content (AvgIpc) is 2.42. The molecule has 0 spiro atoms. The summed E-state index contributed by atoms with van der Waals surface area (Å²) in [4.78, 5) is 0. The highest BCUT2D eigenvalue weighted by molar-refractivity contribution is 5.05. The zero-order valence-electron chi connectivity index (χ0n) is 6.12. The van der Waals surface area contributed by atoms with Crippen molar-refractivity contribution in [3.05, 3.63) is 12.2 Å². The van der Waals surface area contributed by atoms with Crippen molar-refractivity contribution in [3.63, 3.8) is 0 Å². The lowest BCUT2D eigenvalue weighted by Gasteiger charge is -2.08. The van der Waals surface area contributed by atoms with Crippen molar-refractivity contribution in [1.29, 1.82) is 0 Å². The maximum absolute atomic E-state index is 5.55.